The van der Waals surface area contributed by atoms with Gasteiger partial charge in [-0.05, 0) is 24.3 Å². The summed E-state index contributed by atoms with van der Waals surface area (Å²) in [5, 5.41) is 0. The minimum Gasteiger partial charge on any atom is -0.480 e. The molecule has 0 N–H and O–H groups in total. The van der Waals surface area contributed by atoms with Gasteiger partial charge in [-0.3, -0.25) is 0 Å². The van der Waals surface area contributed by atoms with Crippen LogP contribution in [0.25, 0.3) is 0 Å². The molecule has 144 valence electrons. The summed E-state index contributed by atoms with van der Waals surface area (Å²) in [5.41, 5.74) is 0. The van der Waals surface area contributed by atoms with Gasteiger partial charge in [0.1, 0.15) is 11.5 Å². The molecule has 2 radical (unpaired) electrons. The van der Waals surface area contributed by atoms with Crippen molar-refractivity contribution in [1.29, 1.82) is 0 Å². The molecule has 2 aromatic carbocycles. The smallest absolute Gasteiger partial charge is 0.122 e. The van der Waals surface area contributed by atoms with E-state index in [1.54, 1.807) is 0 Å². The minimum atomic E-state index is 0.713. The van der Waals surface area contributed by atoms with Crippen molar-refractivity contribution in [3.63, 3.8) is 0 Å². The normalized spacial score (nSPS) is 9.77. The molecule has 26 heavy (non-hydrogen) atoms. The fourth-order valence-electron chi connectivity index (χ4n) is 1.16. The Balaban J connectivity index is 0. The standard InChI is InChI=1S/2C6H7OP.C5H11B.C4H10/c2*8-7-6-4-2-1-3-5-6;1-3-5(2)4-6;1-3-4-2/h2*1-5H,8H2;5H,3-4H2,1-2H3;3-4H2,1-2H3. The summed E-state index contributed by atoms with van der Waals surface area (Å²) in [4.78, 5) is 0. The Morgan fingerprint density at radius 2 is 1.12 bits per heavy atom. The van der Waals surface area contributed by atoms with Crippen molar-refractivity contribution in [3.8, 4) is 11.5 Å². The Labute approximate surface area is 167 Å². The van der Waals surface area contributed by atoms with Crippen LogP contribution >= 0.6 is 18.9 Å². The van der Waals surface area contributed by atoms with Crippen molar-refractivity contribution in [1.82, 2.24) is 0 Å². The van der Waals surface area contributed by atoms with Crippen LogP contribution in [-0.2, 0) is 0 Å². The zero-order valence-electron chi connectivity index (χ0n) is 16.7. The lowest BCUT2D eigenvalue weighted by Gasteiger charge is -1.99. The monoisotopic (exact) mass is 392 g/mol. The van der Waals surface area contributed by atoms with E-state index in [-0.39, 0.29) is 0 Å². The molecule has 0 aromatic heterocycles. The number of benzene rings is 2. The third-order valence-corrected chi connectivity index (χ3v) is 3.90. The molecule has 2 rings (SSSR count). The molecule has 2 nitrogen and oxygen atoms in total. The largest absolute Gasteiger partial charge is 0.480 e. The molecule has 5 heteroatoms. The molecule has 0 bridgehead atoms. The minimum absolute atomic E-state index is 0.713. The van der Waals surface area contributed by atoms with Crippen molar-refractivity contribution in [2.45, 2.75) is 53.3 Å². The highest BCUT2D eigenvalue weighted by Crippen LogP contribution is 2.10. The van der Waals surface area contributed by atoms with Gasteiger partial charge in [-0.25, -0.2) is 0 Å². The Morgan fingerprint density at radius 1 is 0.769 bits per heavy atom. The SMILES string of the molecule is CCCC.POc1ccccc1.POc1ccccc1.[B]CC(C)CC. The first-order chi connectivity index (χ1) is 12.6. The third-order valence-electron chi connectivity index (χ3n) is 3.36. The lowest BCUT2D eigenvalue weighted by Crippen LogP contribution is -1.87. The van der Waals surface area contributed by atoms with Crippen LogP contribution < -0.4 is 9.05 Å². The number of unbranched alkanes of at least 4 members (excludes halogenated alkanes) is 1. The van der Waals surface area contributed by atoms with E-state index < -0.39 is 0 Å². The van der Waals surface area contributed by atoms with Gasteiger partial charge < -0.3 is 9.05 Å². The molecule has 0 aliphatic rings. The van der Waals surface area contributed by atoms with Crippen LogP contribution in [0.5, 0.6) is 11.5 Å². The quantitative estimate of drug-likeness (QED) is 0.398. The van der Waals surface area contributed by atoms with Crippen LogP contribution in [0.2, 0.25) is 6.32 Å². The highest BCUT2D eigenvalue weighted by Gasteiger charge is 1.88. The number of rotatable bonds is 5. The maximum absolute atomic E-state index is 5.28. The predicted octanol–water partition coefficient (Wildman–Crippen LogP) is 7.14. The Morgan fingerprint density at radius 3 is 1.23 bits per heavy atom. The fraction of sp³-hybridized carbons (Fsp3) is 0.429. The van der Waals surface area contributed by atoms with Gasteiger partial charge in [-0.15, -0.1) is 0 Å². The van der Waals surface area contributed by atoms with E-state index in [1.807, 2.05) is 60.7 Å². The van der Waals surface area contributed by atoms with E-state index in [2.05, 4.69) is 46.6 Å². The van der Waals surface area contributed by atoms with Gasteiger partial charge in [-0.2, -0.15) is 0 Å². The number of hydrogen-bond acceptors (Lipinski definition) is 2. The molecule has 0 amide bonds. The van der Waals surface area contributed by atoms with Crippen LogP contribution in [0.15, 0.2) is 60.7 Å². The van der Waals surface area contributed by atoms with E-state index in [0.29, 0.717) is 5.92 Å². The van der Waals surface area contributed by atoms with Gasteiger partial charge in [0.05, 0.1) is 26.8 Å². The topological polar surface area (TPSA) is 18.5 Å². The van der Waals surface area contributed by atoms with Gasteiger partial charge in [0.15, 0.2) is 0 Å². The Hall–Kier alpha value is -1.04. The van der Waals surface area contributed by atoms with Crippen molar-refractivity contribution in [3.05, 3.63) is 60.7 Å². The Kier molecular flexibility index (Phi) is 23.0. The lowest BCUT2D eigenvalue weighted by molar-refractivity contribution is 0.625. The molecule has 0 fully saturated rings. The first-order valence-electron chi connectivity index (χ1n) is 9.12. The van der Waals surface area contributed by atoms with Crippen LogP contribution in [0.4, 0.5) is 0 Å². The number of para-hydroxylation sites is 2. The summed E-state index contributed by atoms with van der Waals surface area (Å²) in [5.74, 6) is 2.46. The summed E-state index contributed by atoms with van der Waals surface area (Å²) >= 11 is 0. The molecule has 0 saturated carbocycles. The van der Waals surface area contributed by atoms with Crippen LogP contribution in [-0.4, -0.2) is 7.85 Å². The molecule has 0 aliphatic carbocycles. The lowest BCUT2D eigenvalue weighted by atomic mass is 9.91. The van der Waals surface area contributed by atoms with Gasteiger partial charge >= 0.3 is 0 Å². The first-order valence-corrected chi connectivity index (χ1v) is 10.1. The summed E-state index contributed by atoms with van der Waals surface area (Å²) in [6.07, 6.45) is 4.67. The van der Waals surface area contributed by atoms with Gasteiger partial charge in [0.2, 0.25) is 0 Å². The molecule has 0 heterocycles. The van der Waals surface area contributed by atoms with Gasteiger partial charge in [0.25, 0.3) is 0 Å². The fourth-order valence-corrected chi connectivity index (χ4v) is 1.48. The molecular weight excluding hydrogens is 357 g/mol. The molecular formula is C21H35BO2P2. The summed E-state index contributed by atoms with van der Waals surface area (Å²) in [6.45, 7) is 8.66. The van der Waals surface area contributed by atoms with Crippen molar-refractivity contribution in [2.75, 3.05) is 0 Å². The maximum atomic E-state index is 5.28. The van der Waals surface area contributed by atoms with Crippen molar-refractivity contribution in [2.24, 2.45) is 5.92 Å². The summed E-state index contributed by atoms with van der Waals surface area (Å²) in [6, 6.07) is 19.2. The molecule has 0 saturated heterocycles. The third kappa shape index (κ3) is 19.3. The second-order valence-electron chi connectivity index (χ2n) is 5.61. The van der Waals surface area contributed by atoms with Crippen LogP contribution in [0.1, 0.15) is 47.0 Å². The maximum Gasteiger partial charge on any atom is 0.122 e. The zero-order valence-corrected chi connectivity index (χ0v) is 19.0. The highest BCUT2D eigenvalue weighted by atomic mass is 31.0. The van der Waals surface area contributed by atoms with Gasteiger partial charge in [-0.1, -0.05) is 95.6 Å². The highest BCUT2D eigenvalue weighted by molar-refractivity contribution is 7.10. The summed E-state index contributed by atoms with van der Waals surface area (Å²) < 4.78 is 9.66. The molecule has 0 aliphatic heterocycles. The molecule has 3 atom stereocenters. The van der Waals surface area contributed by atoms with Crippen LogP contribution in [0, 0.1) is 5.92 Å². The predicted molar refractivity (Wildman–Crippen MR) is 124 cm³/mol. The van der Waals surface area contributed by atoms with E-state index in [9.17, 15) is 0 Å². The molecule has 2 aromatic rings. The second kappa shape index (κ2) is 22.0. The first kappa shape index (κ1) is 27.2. The van der Waals surface area contributed by atoms with Crippen molar-refractivity contribution >= 4 is 26.8 Å². The van der Waals surface area contributed by atoms with Gasteiger partial charge in [0, 0.05) is 0 Å². The average Bonchev–Trinajstić information content (AvgIpc) is 2.75. The van der Waals surface area contributed by atoms with Crippen LogP contribution in [0.3, 0.4) is 0 Å². The Bertz CT molecular complexity index is 438. The summed E-state index contributed by atoms with van der Waals surface area (Å²) in [7, 11) is 9.67. The molecule has 3 unspecified atom stereocenters. The average molecular weight is 392 g/mol. The van der Waals surface area contributed by atoms with E-state index in [1.165, 1.54) is 19.3 Å². The zero-order chi connectivity index (χ0) is 20.0. The van der Waals surface area contributed by atoms with E-state index in [0.717, 1.165) is 17.8 Å². The molecule has 0 spiro atoms. The van der Waals surface area contributed by atoms with E-state index >= 15 is 0 Å². The van der Waals surface area contributed by atoms with Crippen molar-refractivity contribution < 1.29 is 9.05 Å². The van der Waals surface area contributed by atoms with E-state index in [4.69, 9.17) is 16.9 Å². The number of hydrogen-bond donors (Lipinski definition) is 0. The second-order valence-corrected chi connectivity index (χ2v) is 6.08.